The summed E-state index contributed by atoms with van der Waals surface area (Å²) < 4.78 is 5.59. The second-order valence-electron chi connectivity index (χ2n) is 8.59. The van der Waals surface area contributed by atoms with Crippen LogP contribution in [-0.2, 0) is 9.53 Å². The lowest BCUT2D eigenvalue weighted by molar-refractivity contribution is -0.123. The highest BCUT2D eigenvalue weighted by atomic mass is 16.5. The molecule has 0 saturated carbocycles. The third-order valence-electron chi connectivity index (χ3n) is 6.65. The van der Waals surface area contributed by atoms with E-state index in [0.717, 1.165) is 22.3 Å². The van der Waals surface area contributed by atoms with Crippen molar-refractivity contribution >= 4 is 18.1 Å². The number of alkyl carbamates (subject to hydrolysis) is 1. The topological polar surface area (TPSA) is 108 Å². The fourth-order valence-corrected chi connectivity index (χ4v) is 4.88. The number of likely N-dealkylation sites (tertiary alicyclic amines) is 1. The molecule has 0 radical (unpaired) electrons. The zero-order chi connectivity index (χ0) is 23.4. The van der Waals surface area contributed by atoms with Gasteiger partial charge in [-0.2, -0.15) is 0 Å². The van der Waals surface area contributed by atoms with Crippen LogP contribution >= 0.6 is 0 Å². The molecule has 1 aliphatic heterocycles. The average Bonchev–Trinajstić information content (AvgIpc) is 3.16. The van der Waals surface area contributed by atoms with Gasteiger partial charge in [-0.3, -0.25) is 4.79 Å². The number of hydrogen-bond acceptors (Lipinski definition) is 4. The number of amides is 3. The van der Waals surface area contributed by atoms with Gasteiger partial charge in [-0.15, -0.1) is 0 Å². The van der Waals surface area contributed by atoms with Gasteiger partial charge in [-0.25, -0.2) is 9.59 Å². The van der Waals surface area contributed by atoms with E-state index in [0.29, 0.717) is 32.4 Å². The number of piperidine rings is 1. The average molecular weight is 452 g/mol. The first-order chi connectivity index (χ1) is 16.0. The molecule has 0 spiro atoms. The maximum atomic E-state index is 12.6. The van der Waals surface area contributed by atoms with Crippen LogP contribution in [0.1, 0.15) is 36.3 Å². The molecule has 2 aromatic carbocycles. The van der Waals surface area contributed by atoms with Crippen molar-refractivity contribution in [3.63, 3.8) is 0 Å². The number of hydrogen-bond donors (Lipinski definition) is 3. The van der Waals surface area contributed by atoms with Crippen LogP contribution in [0.15, 0.2) is 48.5 Å². The van der Waals surface area contributed by atoms with Crippen LogP contribution in [-0.4, -0.2) is 60.9 Å². The first kappa shape index (κ1) is 22.6. The lowest BCUT2D eigenvalue weighted by atomic mass is 9.90. The van der Waals surface area contributed by atoms with Crippen molar-refractivity contribution in [3.8, 4) is 11.1 Å². The Morgan fingerprint density at radius 3 is 2.15 bits per heavy atom. The minimum absolute atomic E-state index is 0.0538. The largest absolute Gasteiger partial charge is 0.465 e. The molecule has 174 valence electrons. The lowest BCUT2D eigenvalue weighted by Gasteiger charge is -2.31. The molecule has 0 unspecified atom stereocenters. The van der Waals surface area contributed by atoms with E-state index in [1.54, 1.807) is 0 Å². The Bertz CT molecular complexity index is 987. The van der Waals surface area contributed by atoms with Crippen LogP contribution in [0, 0.1) is 5.92 Å². The van der Waals surface area contributed by atoms with Crippen molar-refractivity contribution in [1.82, 2.24) is 15.5 Å². The third kappa shape index (κ3) is 4.94. The van der Waals surface area contributed by atoms with Crippen LogP contribution in [0.3, 0.4) is 0 Å². The Balaban J connectivity index is 1.37. The van der Waals surface area contributed by atoms with E-state index in [1.165, 1.54) is 11.9 Å². The normalized spacial score (nSPS) is 16.5. The first-order valence-electron chi connectivity index (χ1n) is 11.3. The number of benzene rings is 2. The molecule has 0 bridgehead atoms. The molecule has 1 atom stereocenters. The minimum Gasteiger partial charge on any atom is -0.465 e. The van der Waals surface area contributed by atoms with Crippen LogP contribution in [0.25, 0.3) is 11.1 Å². The van der Waals surface area contributed by atoms with Crippen molar-refractivity contribution in [2.75, 3.05) is 26.7 Å². The van der Waals surface area contributed by atoms with Crippen LogP contribution < -0.4 is 10.6 Å². The second kappa shape index (κ2) is 9.94. The molecular weight excluding hydrogens is 422 g/mol. The number of rotatable bonds is 6. The number of carbonyl (C=O) groups is 3. The van der Waals surface area contributed by atoms with E-state index in [-0.39, 0.29) is 24.3 Å². The molecule has 1 aliphatic carbocycles. The van der Waals surface area contributed by atoms with Gasteiger partial charge in [-0.1, -0.05) is 48.5 Å². The van der Waals surface area contributed by atoms with Crippen molar-refractivity contribution in [3.05, 3.63) is 59.7 Å². The number of carbonyl (C=O) groups excluding carboxylic acids is 2. The molecule has 1 heterocycles. The summed E-state index contributed by atoms with van der Waals surface area (Å²) in [6.07, 6.45) is 0.205. The molecule has 33 heavy (non-hydrogen) atoms. The summed E-state index contributed by atoms with van der Waals surface area (Å²) in [5, 5.41) is 14.4. The smallest absolute Gasteiger partial charge is 0.407 e. The number of carboxylic acid groups (broad SMARTS) is 1. The maximum Gasteiger partial charge on any atom is 0.407 e. The fraction of sp³-hybridized carbons (Fsp3) is 0.400. The van der Waals surface area contributed by atoms with E-state index in [1.807, 2.05) is 24.3 Å². The molecule has 1 saturated heterocycles. The second-order valence-corrected chi connectivity index (χ2v) is 8.59. The van der Waals surface area contributed by atoms with Crippen molar-refractivity contribution in [1.29, 1.82) is 0 Å². The van der Waals surface area contributed by atoms with Gasteiger partial charge in [0, 0.05) is 26.1 Å². The molecule has 0 aromatic heterocycles. The Kier molecular flexibility index (Phi) is 6.82. The van der Waals surface area contributed by atoms with E-state index in [9.17, 15) is 14.4 Å². The van der Waals surface area contributed by atoms with Gasteiger partial charge in [0.15, 0.2) is 0 Å². The number of ether oxygens (including phenoxy) is 1. The lowest BCUT2D eigenvalue weighted by Crippen LogP contribution is -2.48. The van der Waals surface area contributed by atoms with E-state index in [2.05, 4.69) is 34.9 Å². The predicted octanol–water partition coefficient (Wildman–Crippen LogP) is 3.42. The van der Waals surface area contributed by atoms with Gasteiger partial charge in [0.25, 0.3) is 0 Å². The van der Waals surface area contributed by atoms with Crippen LogP contribution in [0.4, 0.5) is 9.59 Å². The summed E-state index contributed by atoms with van der Waals surface area (Å²) in [6, 6.07) is 15.5. The molecule has 3 N–H and O–H groups in total. The fourth-order valence-electron chi connectivity index (χ4n) is 4.88. The summed E-state index contributed by atoms with van der Waals surface area (Å²) in [5.74, 6) is -0.192. The zero-order valence-corrected chi connectivity index (χ0v) is 18.6. The molecule has 8 heteroatoms. The number of likely N-dealkylation sites (N-methyl/N-ethyl adjacent to an activating group) is 1. The Labute approximate surface area is 192 Å². The first-order valence-corrected chi connectivity index (χ1v) is 11.3. The van der Waals surface area contributed by atoms with E-state index >= 15 is 0 Å². The van der Waals surface area contributed by atoms with Gasteiger partial charge in [-0.05, 0) is 47.4 Å². The predicted molar refractivity (Wildman–Crippen MR) is 123 cm³/mol. The summed E-state index contributed by atoms with van der Waals surface area (Å²) >= 11 is 0. The Morgan fingerprint density at radius 2 is 1.61 bits per heavy atom. The van der Waals surface area contributed by atoms with E-state index < -0.39 is 18.2 Å². The highest BCUT2D eigenvalue weighted by Gasteiger charge is 2.31. The molecule has 2 aliphatic rings. The van der Waals surface area contributed by atoms with Crippen LogP contribution in [0.5, 0.6) is 0 Å². The third-order valence-corrected chi connectivity index (χ3v) is 6.65. The Morgan fingerprint density at radius 1 is 1.03 bits per heavy atom. The molecule has 4 rings (SSSR count). The van der Waals surface area contributed by atoms with Gasteiger partial charge >= 0.3 is 12.2 Å². The van der Waals surface area contributed by atoms with Gasteiger partial charge in [0.05, 0.1) is 0 Å². The quantitative estimate of drug-likeness (QED) is 0.624. The summed E-state index contributed by atoms with van der Waals surface area (Å²) in [4.78, 5) is 37.5. The zero-order valence-electron chi connectivity index (χ0n) is 18.6. The van der Waals surface area contributed by atoms with Crippen molar-refractivity contribution < 1.29 is 24.2 Å². The number of nitrogens with one attached hydrogen (secondary N) is 2. The summed E-state index contributed by atoms with van der Waals surface area (Å²) in [7, 11) is 1.53. The number of fused-ring (bicyclic) bond motifs is 3. The van der Waals surface area contributed by atoms with Crippen molar-refractivity contribution in [2.24, 2.45) is 5.92 Å². The highest BCUT2D eigenvalue weighted by molar-refractivity contribution is 5.85. The number of nitrogens with zero attached hydrogens (tertiary/aromatic N) is 1. The maximum absolute atomic E-state index is 12.6. The molecule has 2 aromatic rings. The molecule has 3 amide bonds. The SMILES string of the molecule is CNC(=O)[C@@H](CC1CCN(C(=O)O)CC1)NC(=O)OCC1c2ccccc2-c2ccccc21. The molecule has 1 fully saturated rings. The molecular formula is C25H29N3O5. The van der Waals surface area contributed by atoms with Gasteiger partial charge < -0.3 is 25.4 Å². The van der Waals surface area contributed by atoms with Crippen LogP contribution in [0.2, 0.25) is 0 Å². The van der Waals surface area contributed by atoms with Gasteiger partial charge in [0.1, 0.15) is 12.6 Å². The monoisotopic (exact) mass is 451 g/mol. The summed E-state index contributed by atoms with van der Waals surface area (Å²) in [6.45, 7) is 1.05. The summed E-state index contributed by atoms with van der Waals surface area (Å²) in [5.41, 5.74) is 4.55. The molecule has 8 nitrogen and oxygen atoms in total. The Hall–Kier alpha value is -3.55. The highest BCUT2D eigenvalue weighted by Crippen LogP contribution is 2.44. The van der Waals surface area contributed by atoms with Crippen molar-refractivity contribution in [2.45, 2.75) is 31.2 Å². The van der Waals surface area contributed by atoms with Gasteiger partial charge in [0.2, 0.25) is 5.91 Å². The minimum atomic E-state index is -0.923. The standard InChI is InChI=1S/C25H29N3O5/c1-26-23(29)22(14-16-10-12-28(13-11-16)25(31)32)27-24(30)33-15-21-19-8-4-2-6-17(19)18-7-3-5-9-20(18)21/h2-9,16,21-22H,10-15H2,1H3,(H,26,29)(H,27,30)(H,31,32)/t22-/m1/s1. The van der Waals surface area contributed by atoms with E-state index in [4.69, 9.17) is 9.84 Å².